The van der Waals surface area contributed by atoms with E-state index in [9.17, 15) is 9.18 Å². The van der Waals surface area contributed by atoms with Crippen LogP contribution < -0.4 is 15.4 Å². The standard InChI is InChI=1S/C16H23FN2O2/c1-11-5-3-4-6-14(11)19-16(20)10-18-12-7-8-15(21-2)13(17)9-12/h7-9,11,14,18H,3-6,10H2,1-2H3,(H,19,20). The van der Waals surface area contributed by atoms with Crippen LogP contribution in [0.25, 0.3) is 0 Å². The van der Waals surface area contributed by atoms with Crippen molar-refractivity contribution in [3.8, 4) is 5.75 Å². The van der Waals surface area contributed by atoms with Crippen molar-refractivity contribution < 1.29 is 13.9 Å². The van der Waals surface area contributed by atoms with E-state index in [0.29, 0.717) is 11.6 Å². The fourth-order valence-electron chi connectivity index (χ4n) is 2.75. The lowest BCUT2D eigenvalue weighted by molar-refractivity contribution is -0.120. The van der Waals surface area contributed by atoms with E-state index in [4.69, 9.17) is 4.74 Å². The molecular formula is C16H23FN2O2. The first kappa shape index (κ1) is 15.6. The molecule has 1 aliphatic carbocycles. The van der Waals surface area contributed by atoms with Gasteiger partial charge in [-0.1, -0.05) is 19.8 Å². The quantitative estimate of drug-likeness (QED) is 0.878. The van der Waals surface area contributed by atoms with Crippen LogP contribution in [0.2, 0.25) is 0 Å². The Bertz CT molecular complexity index is 493. The van der Waals surface area contributed by atoms with Crippen LogP contribution in [0.1, 0.15) is 32.6 Å². The molecule has 0 aromatic heterocycles. The molecule has 1 saturated carbocycles. The molecule has 2 rings (SSSR count). The van der Waals surface area contributed by atoms with Crippen LogP contribution in [0.5, 0.6) is 5.75 Å². The number of ether oxygens (including phenoxy) is 1. The van der Waals surface area contributed by atoms with Crippen molar-refractivity contribution in [3.05, 3.63) is 24.0 Å². The highest BCUT2D eigenvalue weighted by molar-refractivity contribution is 5.81. The zero-order valence-electron chi connectivity index (χ0n) is 12.6. The Morgan fingerprint density at radius 3 is 2.81 bits per heavy atom. The van der Waals surface area contributed by atoms with E-state index in [1.807, 2.05) is 0 Å². The first-order chi connectivity index (χ1) is 10.1. The molecule has 1 aliphatic rings. The highest BCUT2D eigenvalue weighted by atomic mass is 19.1. The number of anilines is 1. The van der Waals surface area contributed by atoms with E-state index < -0.39 is 5.82 Å². The summed E-state index contributed by atoms with van der Waals surface area (Å²) in [4.78, 5) is 11.9. The molecule has 2 unspecified atom stereocenters. The van der Waals surface area contributed by atoms with Crippen LogP contribution >= 0.6 is 0 Å². The molecule has 4 nitrogen and oxygen atoms in total. The molecule has 2 atom stereocenters. The number of hydrogen-bond acceptors (Lipinski definition) is 3. The summed E-state index contributed by atoms with van der Waals surface area (Å²) in [6, 6.07) is 4.83. The summed E-state index contributed by atoms with van der Waals surface area (Å²) in [7, 11) is 1.42. The van der Waals surface area contributed by atoms with Gasteiger partial charge < -0.3 is 15.4 Å². The molecule has 1 aromatic carbocycles. The highest BCUT2D eigenvalue weighted by Gasteiger charge is 2.22. The Morgan fingerprint density at radius 2 is 2.14 bits per heavy atom. The van der Waals surface area contributed by atoms with Crippen LogP contribution in [-0.4, -0.2) is 25.6 Å². The van der Waals surface area contributed by atoms with Crippen molar-refractivity contribution in [3.63, 3.8) is 0 Å². The second kappa shape index (κ2) is 7.29. The zero-order valence-corrected chi connectivity index (χ0v) is 12.6. The van der Waals surface area contributed by atoms with E-state index >= 15 is 0 Å². The molecule has 5 heteroatoms. The van der Waals surface area contributed by atoms with E-state index in [2.05, 4.69) is 17.6 Å². The Morgan fingerprint density at radius 1 is 1.38 bits per heavy atom. The van der Waals surface area contributed by atoms with Crippen molar-refractivity contribution >= 4 is 11.6 Å². The average Bonchev–Trinajstić information content (AvgIpc) is 2.48. The molecule has 0 radical (unpaired) electrons. The van der Waals surface area contributed by atoms with Crippen molar-refractivity contribution in [2.45, 2.75) is 38.6 Å². The second-order valence-electron chi connectivity index (χ2n) is 5.64. The maximum atomic E-state index is 13.5. The lowest BCUT2D eigenvalue weighted by atomic mass is 9.86. The summed E-state index contributed by atoms with van der Waals surface area (Å²) in [5.41, 5.74) is 0.570. The number of rotatable bonds is 5. The molecule has 1 amide bonds. The molecule has 1 aromatic rings. The normalized spacial score (nSPS) is 21.7. The molecule has 1 fully saturated rings. The van der Waals surface area contributed by atoms with Crippen LogP contribution in [0.4, 0.5) is 10.1 Å². The maximum Gasteiger partial charge on any atom is 0.239 e. The summed E-state index contributed by atoms with van der Waals surface area (Å²) in [5, 5.41) is 5.99. The lowest BCUT2D eigenvalue weighted by Crippen LogP contribution is -2.43. The summed E-state index contributed by atoms with van der Waals surface area (Å²) in [6.45, 7) is 2.32. The lowest BCUT2D eigenvalue weighted by Gasteiger charge is -2.29. The van der Waals surface area contributed by atoms with Crippen molar-refractivity contribution in [1.82, 2.24) is 5.32 Å². The topological polar surface area (TPSA) is 50.4 Å². The predicted octanol–water partition coefficient (Wildman–Crippen LogP) is 2.94. The molecule has 0 saturated heterocycles. The number of amides is 1. The van der Waals surface area contributed by atoms with Crippen LogP contribution in [0.3, 0.4) is 0 Å². The first-order valence-electron chi connectivity index (χ1n) is 7.47. The largest absolute Gasteiger partial charge is 0.494 e. The van der Waals surface area contributed by atoms with E-state index in [0.717, 1.165) is 6.42 Å². The molecule has 0 bridgehead atoms. The van der Waals surface area contributed by atoms with Gasteiger partial charge in [-0.2, -0.15) is 0 Å². The van der Waals surface area contributed by atoms with Gasteiger partial charge in [0, 0.05) is 17.8 Å². The number of carbonyl (C=O) groups is 1. The predicted molar refractivity (Wildman–Crippen MR) is 81.0 cm³/mol. The van der Waals surface area contributed by atoms with Crippen LogP contribution in [-0.2, 0) is 4.79 Å². The monoisotopic (exact) mass is 294 g/mol. The molecule has 21 heavy (non-hydrogen) atoms. The van der Waals surface area contributed by atoms with Gasteiger partial charge in [-0.25, -0.2) is 4.39 Å². The third-order valence-corrected chi connectivity index (χ3v) is 4.06. The number of methoxy groups -OCH3 is 1. The molecule has 0 heterocycles. The van der Waals surface area contributed by atoms with Gasteiger partial charge in [0.25, 0.3) is 0 Å². The minimum Gasteiger partial charge on any atom is -0.494 e. The summed E-state index contributed by atoms with van der Waals surface area (Å²) in [5.74, 6) is 0.232. The number of benzene rings is 1. The Hall–Kier alpha value is -1.78. The number of halogens is 1. The van der Waals surface area contributed by atoms with E-state index in [-0.39, 0.29) is 24.2 Å². The first-order valence-corrected chi connectivity index (χ1v) is 7.47. The third kappa shape index (κ3) is 4.34. The third-order valence-electron chi connectivity index (χ3n) is 4.06. The zero-order chi connectivity index (χ0) is 15.2. The number of carbonyl (C=O) groups excluding carboxylic acids is 1. The minimum atomic E-state index is -0.441. The number of hydrogen-bond donors (Lipinski definition) is 2. The smallest absolute Gasteiger partial charge is 0.239 e. The van der Waals surface area contributed by atoms with E-state index in [1.165, 1.54) is 32.4 Å². The van der Waals surface area contributed by atoms with Gasteiger partial charge in [0.2, 0.25) is 5.91 Å². The Labute approximate surface area is 125 Å². The van der Waals surface area contributed by atoms with Gasteiger partial charge in [-0.15, -0.1) is 0 Å². The van der Waals surface area contributed by atoms with Crippen molar-refractivity contribution in [2.24, 2.45) is 5.92 Å². The van der Waals surface area contributed by atoms with Crippen molar-refractivity contribution in [1.29, 1.82) is 0 Å². The molecular weight excluding hydrogens is 271 g/mol. The van der Waals surface area contributed by atoms with Crippen LogP contribution in [0.15, 0.2) is 18.2 Å². The molecule has 116 valence electrons. The average molecular weight is 294 g/mol. The minimum absolute atomic E-state index is 0.0509. The SMILES string of the molecule is COc1ccc(NCC(=O)NC2CCCCC2C)cc1F. The second-order valence-corrected chi connectivity index (χ2v) is 5.64. The molecule has 0 aliphatic heterocycles. The van der Waals surface area contributed by atoms with Gasteiger partial charge in [0.1, 0.15) is 0 Å². The Balaban J connectivity index is 1.82. The van der Waals surface area contributed by atoms with Gasteiger partial charge >= 0.3 is 0 Å². The Kier molecular flexibility index (Phi) is 5.42. The van der Waals surface area contributed by atoms with Gasteiger partial charge in [0.05, 0.1) is 13.7 Å². The van der Waals surface area contributed by atoms with Gasteiger partial charge in [-0.3, -0.25) is 4.79 Å². The summed E-state index contributed by atoms with van der Waals surface area (Å²) >= 11 is 0. The summed E-state index contributed by atoms with van der Waals surface area (Å²) < 4.78 is 18.4. The maximum absolute atomic E-state index is 13.5. The van der Waals surface area contributed by atoms with Crippen molar-refractivity contribution in [2.75, 3.05) is 19.0 Å². The fraction of sp³-hybridized carbons (Fsp3) is 0.562. The van der Waals surface area contributed by atoms with Gasteiger partial charge in [-0.05, 0) is 30.9 Å². The molecule has 0 spiro atoms. The fourth-order valence-corrected chi connectivity index (χ4v) is 2.75. The highest BCUT2D eigenvalue weighted by Crippen LogP contribution is 2.23. The van der Waals surface area contributed by atoms with Crippen LogP contribution in [0, 0.1) is 11.7 Å². The summed E-state index contributed by atoms with van der Waals surface area (Å²) in [6.07, 6.45) is 4.63. The van der Waals surface area contributed by atoms with E-state index in [1.54, 1.807) is 12.1 Å². The molecule has 2 N–H and O–H groups in total. The number of nitrogens with one attached hydrogen (secondary N) is 2. The van der Waals surface area contributed by atoms with Gasteiger partial charge in [0.15, 0.2) is 11.6 Å².